The Kier molecular flexibility index (Phi) is 3.34. The van der Waals surface area contributed by atoms with Gasteiger partial charge in [0, 0.05) is 13.0 Å². The highest BCUT2D eigenvalue weighted by atomic mass is 35.5. The quantitative estimate of drug-likeness (QED) is 0.829. The summed E-state index contributed by atoms with van der Waals surface area (Å²) in [6.45, 7) is 0.390. The van der Waals surface area contributed by atoms with Crippen molar-refractivity contribution in [1.82, 2.24) is 4.31 Å². The smallest absolute Gasteiger partial charge is 0.253 e. The summed E-state index contributed by atoms with van der Waals surface area (Å²) in [5, 5.41) is 0. The molecule has 1 aliphatic rings. The molecule has 1 aromatic rings. The van der Waals surface area contributed by atoms with E-state index in [1.165, 1.54) is 10.4 Å². The van der Waals surface area contributed by atoms with Crippen molar-refractivity contribution in [2.24, 2.45) is 0 Å². The predicted molar refractivity (Wildman–Crippen MR) is 62.3 cm³/mol. The fraction of sp³-hybridized carbons (Fsp3) is 0.444. The first-order valence-electron chi connectivity index (χ1n) is 4.77. The van der Waals surface area contributed by atoms with E-state index in [9.17, 15) is 13.2 Å². The van der Waals surface area contributed by atoms with Gasteiger partial charge in [-0.05, 0) is 18.6 Å². The van der Waals surface area contributed by atoms with Crippen molar-refractivity contribution in [2.75, 3.05) is 13.1 Å². The third-order valence-electron chi connectivity index (χ3n) is 2.36. The SMILES string of the molecule is O=C1CCCN(S(=O)(=O)c2ccc(Cl)s2)C1. The van der Waals surface area contributed by atoms with Gasteiger partial charge in [0.15, 0.2) is 0 Å². The minimum atomic E-state index is -3.53. The summed E-state index contributed by atoms with van der Waals surface area (Å²) in [5.74, 6) is -0.0301. The number of hydrogen-bond acceptors (Lipinski definition) is 4. The molecule has 0 atom stereocenters. The van der Waals surface area contributed by atoms with E-state index in [2.05, 4.69) is 0 Å². The number of carbonyl (C=O) groups excluding carboxylic acids is 1. The Labute approximate surface area is 103 Å². The van der Waals surface area contributed by atoms with Gasteiger partial charge in [-0.15, -0.1) is 11.3 Å². The Balaban J connectivity index is 2.28. The molecule has 2 rings (SSSR count). The van der Waals surface area contributed by atoms with Gasteiger partial charge in [-0.1, -0.05) is 11.6 Å². The number of sulfonamides is 1. The van der Waals surface area contributed by atoms with E-state index in [1.54, 1.807) is 6.07 Å². The Morgan fingerprint density at radius 2 is 2.12 bits per heavy atom. The molecule has 0 aromatic carbocycles. The van der Waals surface area contributed by atoms with Crippen molar-refractivity contribution < 1.29 is 13.2 Å². The van der Waals surface area contributed by atoms with Crippen LogP contribution in [0.25, 0.3) is 0 Å². The van der Waals surface area contributed by atoms with Gasteiger partial charge in [0.05, 0.1) is 10.9 Å². The monoisotopic (exact) mass is 279 g/mol. The van der Waals surface area contributed by atoms with Gasteiger partial charge in [0.1, 0.15) is 9.99 Å². The lowest BCUT2D eigenvalue weighted by Gasteiger charge is -2.24. The average molecular weight is 280 g/mol. The van der Waals surface area contributed by atoms with E-state index in [0.29, 0.717) is 23.7 Å². The highest BCUT2D eigenvalue weighted by Gasteiger charge is 2.30. The lowest BCUT2D eigenvalue weighted by Crippen LogP contribution is -2.39. The second-order valence-corrected chi connectivity index (χ2v) is 7.42. The van der Waals surface area contributed by atoms with Gasteiger partial charge in [-0.25, -0.2) is 8.42 Å². The van der Waals surface area contributed by atoms with Crippen molar-refractivity contribution in [3.05, 3.63) is 16.5 Å². The Bertz CT molecular complexity index is 509. The zero-order chi connectivity index (χ0) is 11.8. The summed E-state index contributed by atoms with van der Waals surface area (Å²) in [4.78, 5) is 11.2. The molecule has 1 aliphatic heterocycles. The average Bonchev–Trinajstić information content (AvgIpc) is 2.65. The number of carbonyl (C=O) groups is 1. The van der Waals surface area contributed by atoms with Crippen LogP contribution < -0.4 is 0 Å². The van der Waals surface area contributed by atoms with Gasteiger partial charge in [-0.2, -0.15) is 4.31 Å². The van der Waals surface area contributed by atoms with Gasteiger partial charge in [0.2, 0.25) is 0 Å². The summed E-state index contributed by atoms with van der Waals surface area (Å²) in [5.41, 5.74) is 0. The number of thiophene rings is 1. The highest BCUT2D eigenvalue weighted by Crippen LogP contribution is 2.28. The van der Waals surface area contributed by atoms with Crippen LogP contribution in [0.4, 0.5) is 0 Å². The van der Waals surface area contributed by atoms with Crippen molar-refractivity contribution in [3.8, 4) is 0 Å². The summed E-state index contributed by atoms with van der Waals surface area (Å²) >= 11 is 6.72. The van der Waals surface area contributed by atoms with Crippen LogP contribution in [0.15, 0.2) is 16.3 Å². The fourth-order valence-electron chi connectivity index (χ4n) is 1.58. The first kappa shape index (κ1) is 12.0. The first-order chi connectivity index (χ1) is 7.50. The largest absolute Gasteiger partial charge is 0.298 e. The number of hydrogen-bond donors (Lipinski definition) is 0. The van der Waals surface area contributed by atoms with Crippen LogP contribution in [0.3, 0.4) is 0 Å². The molecule has 16 heavy (non-hydrogen) atoms. The Hall–Kier alpha value is -0.430. The van der Waals surface area contributed by atoms with E-state index < -0.39 is 10.0 Å². The lowest BCUT2D eigenvalue weighted by atomic mass is 10.1. The third kappa shape index (κ3) is 2.29. The van der Waals surface area contributed by atoms with Crippen LogP contribution in [0.2, 0.25) is 4.34 Å². The summed E-state index contributed by atoms with van der Waals surface area (Å²) < 4.78 is 26.0. The number of halogens is 1. The fourth-order valence-corrected chi connectivity index (χ4v) is 4.67. The van der Waals surface area contributed by atoms with Gasteiger partial charge in [0.25, 0.3) is 10.0 Å². The molecule has 1 aromatic heterocycles. The molecule has 0 unspecified atom stereocenters. The van der Waals surface area contributed by atoms with Crippen LogP contribution in [-0.4, -0.2) is 31.6 Å². The molecule has 0 bridgehead atoms. The van der Waals surface area contributed by atoms with E-state index in [1.807, 2.05) is 0 Å². The van der Waals surface area contributed by atoms with Crippen LogP contribution in [0.5, 0.6) is 0 Å². The molecule has 88 valence electrons. The van der Waals surface area contributed by atoms with E-state index in [4.69, 9.17) is 11.6 Å². The molecule has 1 fully saturated rings. The van der Waals surface area contributed by atoms with Crippen LogP contribution in [0.1, 0.15) is 12.8 Å². The van der Waals surface area contributed by atoms with Crippen molar-refractivity contribution in [2.45, 2.75) is 17.1 Å². The third-order valence-corrected chi connectivity index (χ3v) is 5.90. The Morgan fingerprint density at radius 1 is 1.38 bits per heavy atom. The molecule has 0 spiro atoms. The summed E-state index contributed by atoms with van der Waals surface area (Å²) in [7, 11) is -3.53. The van der Waals surface area contributed by atoms with Gasteiger partial charge < -0.3 is 0 Å². The van der Waals surface area contributed by atoms with Crippen LogP contribution in [-0.2, 0) is 14.8 Å². The maximum atomic E-state index is 12.1. The standard InChI is InChI=1S/C9H10ClNO3S2/c10-8-3-4-9(15-8)16(13,14)11-5-1-2-7(12)6-11/h3-4H,1-2,5-6H2. The molecule has 4 nitrogen and oxygen atoms in total. The number of rotatable bonds is 2. The number of ketones is 1. The minimum Gasteiger partial charge on any atom is -0.298 e. The normalized spacial score (nSPS) is 18.9. The topological polar surface area (TPSA) is 54.5 Å². The van der Waals surface area contributed by atoms with Gasteiger partial charge >= 0.3 is 0 Å². The molecule has 0 saturated carbocycles. The maximum Gasteiger partial charge on any atom is 0.253 e. The predicted octanol–water partition coefficient (Wildman–Crippen LogP) is 1.76. The zero-order valence-electron chi connectivity index (χ0n) is 8.35. The molecule has 2 heterocycles. The van der Waals surface area contributed by atoms with E-state index in [-0.39, 0.29) is 16.5 Å². The van der Waals surface area contributed by atoms with E-state index >= 15 is 0 Å². The van der Waals surface area contributed by atoms with Crippen molar-refractivity contribution in [3.63, 3.8) is 0 Å². The molecule has 0 radical (unpaired) electrons. The molecule has 0 N–H and O–H groups in total. The van der Waals surface area contributed by atoms with E-state index in [0.717, 1.165) is 11.3 Å². The second kappa shape index (κ2) is 4.44. The summed E-state index contributed by atoms with van der Waals surface area (Å²) in [6, 6.07) is 3.02. The van der Waals surface area contributed by atoms with Gasteiger partial charge in [-0.3, -0.25) is 4.79 Å². The van der Waals surface area contributed by atoms with Crippen molar-refractivity contribution >= 4 is 38.7 Å². The van der Waals surface area contributed by atoms with Crippen LogP contribution >= 0.6 is 22.9 Å². The molecule has 1 saturated heterocycles. The second-order valence-electron chi connectivity index (χ2n) is 3.54. The van der Waals surface area contributed by atoms with Crippen molar-refractivity contribution in [1.29, 1.82) is 0 Å². The number of piperidine rings is 1. The molecule has 7 heteroatoms. The van der Waals surface area contributed by atoms with Crippen LogP contribution in [0, 0.1) is 0 Å². The zero-order valence-corrected chi connectivity index (χ0v) is 10.7. The molecular formula is C9H10ClNO3S2. The maximum absolute atomic E-state index is 12.1. The molecule has 0 aliphatic carbocycles. The first-order valence-corrected chi connectivity index (χ1v) is 7.41. The minimum absolute atomic E-state index is 0.0160. The highest BCUT2D eigenvalue weighted by molar-refractivity contribution is 7.91. The number of nitrogens with zero attached hydrogens (tertiary/aromatic N) is 1. The lowest BCUT2D eigenvalue weighted by molar-refractivity contribution is -0.120. The summed E-state index contributed by atoms with van der Waals surface area (Å²) in [6.07, 6.45) is 1.06. The Morgan fingerprint density at radius 3 is 2.69 bits per heavy atom. The molecule has 0 amide bonds. The number of Topliss-reactive ketones (excluding diaryl/α,β-unsaturated/α-hetero) is 1. The molecular weight excluding hydrogens is 270 g/mol.